The van der Waals surface area contributed by atoms with Gasteiger partial charge in [-0.15, -0.1) is 11.3 Å². The highest BCUT2D eigenvalue weighted by atomic mass is 35.5. The van der Waals surface area contributed by atoms with Gasteiger partial charge in [0.25, 0.3) is 11.8 Å². The second-order valence-electron chi connectivity index (χ2n) is 10.9. The highest BCUT2D eigenvalue weighted by Gasteiger charge is 2.27. The van der Waals surface area contributed by atoms with Crippen molar-refractivity contribution in [3.05, 3.63) is 102 Å². The average Bonchev–Trinajstić information content (AvgIpc) is 3.70. The lowest BCUT2D eigenvalue weighted by Gasteiger charge is -2.25. The molecule has 5 rings (SSSR count). The summed E-state index contributed by atoms with van der Waals surface area (Å²) in [6.45, 7) is 0.0639. The molecule has 1 fully saturated rings. The number of rotatable bonds is 10. The number of carboxylic acids is 1. The summed E-state index contributed by atoms with van der Waals surface area (Å²) >= 11 is 7.01. The highest BCUT2D eigenvalue weighted by molar-refractivity contribution is 7.15. The molecule has 10 nitrogen and oxygen atoms in total. The van der Waals surface area contributed by atoms with Gasteiger partial charge in [-0.05, 0) is 66.4 Å². The lowest BCUT2D eigenvalue weighted by atomic mass is 10.0. The van der Waals surface area contributed by atoms with Crippen molar-refractivity contribution in [2.24, 2.45) is 0 Å². The summed E-state index contributed by atoms with van der Waals surface area (Å²) in [6, 6.07) is 15.2. The molecule has 2 aromatic carbocycles. The van der Waals surface area contributed by atoms with Crippen molar-refractivity contribution in [2.75, 3.05) is 7.05 Å². The van der Waals surface area contributed by atoms with Crippen LogP contribution in [0.15, 0.2) is 65.5 Å². The Bertz CT molecular complexity index is 1780. The first-order valence-corrected chi connectivity index (χ1v) is 15.4. The number of aromatic amines is 1. The van der Waals surface area contributed by atoms with E-state index in [2.05, 4.69) is 15.6 Å². The van der Waals surface area contributed by atoms with Gasteiger partial charge in [-0.3, -0.25) is 19.2 Å². The summed E-state index contributed by atoms with van der Waals surface area (Å²) in [6.07, 6.45) is 4.26. The first-order valence-electron chi connectivity index (χ1n) is 14.2. The molecule has 0 radical (unpaired) electrons. The van der Waals surface area contributed by atoms with Crippen LogP contribution in [-0.4, -0.2) is 57.8 Å². The van der Waals surface area contributed by atoms with Gasteiger partial charge in [0, 0.05) is 53.6 Å². The molecule has 2 aromatic heterocycles. The highest BCUT2D eigenvalue weighted by Crippen LogP contribution is 2.22. The van der Waals surface area contributed by atoms with E-state index in [1.807, 2.05) is 0 Å². The Labute approximate surface area is 262 Å². The van der Waals surface area contributed by atoms with Crippen molar-refractivity contribution >= 4 is 57.5 Å². The lowest BCUT2D eigenvalue weighted by molar-refractivity contribution is -0.132. The number of hydrogen-bond acceptors (Lipinski definition) is 6. The number of aromatic carboxylic acids is 1. The third kappa shape index (κ3) is 7.35. The number of halogens is 1. The number of carbonyl (C=O) groups excluding carboxylic acids is 3. The molecule has 1 atom stereocenters. The number of nitrogens with zero attached hydrogens (tertiary/aromatic N) is 1. The maximum absolute atomic E-state index is 13.8. The number of pyridine rings is 1. The predicted octanol–water partition coefficient (Wildman–Crippen LogP) is 4.61. The summed E-state index contributed by atoms with van der Waals surface area (Å²) in [4.78, 5) is 67.7. The third-order valence-corrected chi connectivity index (χ3v) is 8.97. The topological polar surface area (TPSA) is 149 Å². The van der Waals surface area contributed by atoms with Gasteiger partial charge >= 0.3 is 5.97 Å². The fourth-order valence-electron chi connectivity index (χ4n) is 5.40. The molecule has 1 aliphatic rings. The Balaban J connectivity index is 1.37. The standard InChI is InChI=1S/C32H31ClN4O6S/c1-37(17-20-15-28(38)35-24-11-10-21(33)16-23(20)24)31(41)25(36-30(40)26-12-13-27(44-26)32(42)43)14-18-6-8-19(9-7-18)29(39)34-22-4-2-3-5-22/h6-13,15-16,22,25H,2-5,14,17H2,1H3,(H,34,39)(H,35,38)(H,36,40)(H,42,43)/t25-/m0/s1. The van der Waals surface area contributed by atoms with Crippen molar-refractivity contribution in [1.29, 1.82) is 0 Å². The summed E-state index contributed by atoms with van der Waals surface area (Å²) in [5, 5.41) is 16.2. The Kier molecular flexibility index (Phi) is 9.46. The van der Waals surface area contributed by atoms with Crippen LogP contribution in [0.4, 0.5) is 0 Å². The Morgan fingerprint density at radius 1 is 1.00 bits per heavy atom. The molecular formula is C32H31ClN4O6S. The number of carbonyl (C=O) groups is 4. The van der Waals surface area contributed by atoms with E-state index in [1.165, 1.54) is 23.1 Å². The summed E-state index contributed by atoms with van der Waals surface area (Å²) in [5.41, 5.74) is 2.04. The van der Waals surface area contributed by atoms with Gasteiger partial charge in [0.05, 0.1) is 4.88 Å². The quantitative estimate of drug-likeness (QED) is 0.200. The number of carboxylic acid groups (broad SMARTS) is 1. The fraction of sp³-hybridized carbons (Fsp3) is 0.281. The van der Waals surface area contributed by atoms with Crippen molar-refractivity contribution in [3.8, 4) is 0 Å². The van der Waals surface area contributed by atoms with Gasteiger partial charge in [-0.25, -0.2) is 4.79 Å². The fourth-order valence-corrected chi connectivity index (χ4v) is 6.32. The number of nitrogens with one attached hydrogen (secondary N) is 3. The SMILES string of the molecule is CN(Cc1cc(=O)[nH]c2ccc(Cl)cc12)C(=O)[C@H](Cc1ccc(C(=O)NC2CCCC2)cc1)NC(=O)c1ccc(C(=O)O)s1. The van der Waals surface area contributed by atoms with Gasteiger partial charge in [-0.1, -0.05) is 36.6 Å². The van der Waals surface area contributed by atoms with E-state index >= 15 is 0 Å². The molecule has 4 N–H and O–H groups in total. The van der Waals surface area contributed by atoms with E-state index in [4.69, 9.17) is 11.6 Å². The zero-order valence-corrected chi connectivity index (χ0v) is 25.5. The molecule has 0 saturated heterocycles. The van der Waals surface area contributed by atoms with Crippen LogP contribution < -0.4 is 16.2 Å². The van der Waals surface area contributed by atoms with E-state index in [-0.39, 0.29) is 40.2 Å². The largest absolute Gasteiger partial charge is 0.477 e. The normalized spacial score (nSPS) is 13.9. The van der Waals surface area contributed by atoms with Gasteiger partial charge in [0.15, 0.2) is 0 Å². The minimum absolute atomic E-state index is 0.00134. The number of aromatic nitrogens is 1. The van der Waals surface area contributed by atoms with Crippen LogP contribution in [0.1, 0.15) is 66.5 Å². The molecule has 44 heavy (non-hydrogen) atoms. The molecule has 1 aliphatic carbocycles. The maximum Gasteiger partial charge on any atom is 0.345 e. The van der Waals surface area contributed by atoms with Gasteiger partial charge in [0.1, 0.15) is 10.9 Å². The van der Waals surface area contributed by atoms with E-state index in [0.717, 1.165) is 37.0 Å². The number of amides is 3. The molecule has 228 valence electrons. The molecule has 0 aliphatic heterocycles. The van der Waals surface area contributed by atoms with Crippen molar-refractivity contribution in [2.45, 2.75) is 50.7 Å². The van der Waals surface area contributed by atoms with E-state index < -0.39 is 23.8 Å². The Morgan fingerprint density at radius 3 is 2.39 bits per heavy atom. The van der Waals surface area contributed by atoms with Crippen LogP contribution in [-0.2, 0) is 17.8 Å². The van der Waals surface area contributed by atoms with Crippen LogP contribution in [0.5, 0.6) is 0 Å². The molecule has 4 aromatic rings. The minimum Gasteiger partial charge on any atom is -0.477 e. The van der Waals surface area contributed by atoms with Gasteiger partial charge in [0.2, 0.25) is 11.5 Å². The van der Waals surface area contributed by atoms with Crippen molar-refractivity contribution < 1.29 is 24.3 Å². The first kappa shape index (κ1) is 31.0. The Morgan fingerprint density at radius 2 is 1.70 bits per heavy atom. The molecule has 2 heterocycles. The minimum atomic E-state index is -1.15. The third-order valence-electron chi connectivity index (χ3n) is 7.66. The van der Waals surface area contributed by atoms with Crippen LogP contribution >= 0.6 is 22.9 Å². The number of fused-ring (bicyclic) bond motifs is 1. The van der Waals surface area contributed by atoms with Crippen LogP contribution in [0.3, 0.4) is 0 Å². The zero-order chi connectivity index (χ0) is 31.4. The molecule has 0 unspecified atom stereocenters. The lowest BCUT2D eigenvalue weighted by Crippen LogP contribution is -2.48. The number of H-pyrrole nitrogens is 1. The molecule has 1 saturated carbocycles. The van der Waals surface area contributed by atoms with Gasteiger partial charge in [-0.2, -0.15) is 0 Å². The maximum atomic E-state index is 13.8. The van der Waals surface area contributed by atoms with Crippen LogP contribution in [0.25, 0.3) is 10.9 Å². The summed E-state index contributed by atoms with van der Waals surface area (Å²) in [7, 11) is 1.57. The van der Waals surface area contributed by atoms with Crippen molar-refractivity contribution in [1.82, 2.24) is 20.5 Å². The second-order valence-corrected chi connectivity index (χ2v) is 12.4. The van der Waals surface area contributed by atoms with E-state index in [0.29, 0.717) is 32.6 Å². The number of benzene rings is 2. The smallest absolute Gasteiger partial charge is 0.345 e. The molecular weight excluding hydrogens is 604 g/mol. The van der Waals surface area contributed by atoms with Gasteiger partial charge < -0.3 is 25.6 Å². The number of thiophene rings is 1. The Hall–Kier alpha value is -4.48. The average molecular weight is 635 g/mol. The monoisotopic (exact) mass is 634 g/mol. The van der Waals surface area contributed by atoms with E-state index in [1.54, 1.807) is 49.5 Å². The summed E-state index contributed by atoms with van der Waals surface area (Å²) < 4.78 is 0. The predicted molar refractivity (Wildman–Crippen MR) is 168 cm³/mol. The van der Waals surface area contributed by atoms with Crippen LogP contribution in [0, 0.1) is 0 Å². The number of likely N-dealkylation sites (N-methyl/N-ethyl adjacent to an activating group) is 1. The van der Waals surface area contributed by atoms with E-state index in [9.17, 15) is 29.1 Å². The molecule has 3 amide bonds. The second kappa shape index (κ2) is 13.4. The molecule has 0 bridgehead atoms. The first-order chi connectivity index (χ1) is 21.1. The van der Waals surface area contributed by atoms with Crippen LogP contribution in [0.2, 0.25) is 5.02 Å². The number of hydrogen-bond donors (Lipinski definition) is 4. The molecule has 0 spiro atoms. The molecule has 12 heteroatoms. The van der Waals surface area contributed by atoms with Crippen molar-refractivity contribution in [3.63, 3.8) is 0 Å². The summed E-state index contributed by atoms with van der Waals surface area (Å²) in [5.74, 6) is -2.31. The zero-order valence-electron chi connectivity index (χ0n) is 23.9.